The number of amides is 1. The molecular weight excluding hydrogens is 323 g/mol. The van der Waals surface area contributed by atoms with Crippen LogP contribution < -0.4 is 10.6 Å². The predicted octanol–water partition coefficient (Wildman–Crippen LogP) is 4.25. The third-order valence-corrected chi connectivity index (χ3v) is 3.62. The lowest BCUT2D eigenvalue weighted by atomic mass is 10.2. The molecule has 1 amide bonds. The predicted molar refractivity (Wildman–Crippen MR) is 89.8 cm³/mol. The van der Waals surface area contributed by atoms with Gasteiger partial charge in [-0.2, -0.15) is 0 Å². The number of aromatic nitrogens is 2. The Morgan fingerprint density at radius 1 is 1.27 bits per heavy atom. The van der Waals surface area contributed by atoms with Gasteiger partial charge in [0.1, 0.15) is 11.5 Å². The second kappa shape index (κ2) is 7.42. The van der Waals surface area contributed by atoms with E-state index in [4.69, 9.17) is 23.2 Å². The van der Waals surface area contributed by atoms with Crippen molar-refractivity contribution in [2.75, 3.05) is 10.6 Å². The number of hydrogen-bond acceptors (Lipinski definition) is 4. The molecule has 2 aromatic rings. The van der Waals surface area contributed by atoms with Gasteiger partial charge >= 0.3 is 0 Å². The molecule has 1 atom stereocenters. The summed E-state index contributed by atoms with van der Waals surface area (Å²) in [5.74, 6) is 0.252. The van der Waals surface area contributed by atoms with Crippen molar-refractivity contribution in [3.8, 4) is 0 Å². The van der Waals surface area contributed by atoms with Crippen molar-refractivity contribution in [1.29, 1.82) is 0 Å². The molecule has 1 heterocycles. The van der Waals surface area contributed by atoms with Crippen LogP contribution in [-0.2, 0) is 0 Å². The van der Waals surface area contributed by atoms with E-state index in [0.717, 1.165) is 6.42 Å². The Bertz CT molecular complexity index is 661. The molecule has 0 radical (unpaired) electrons. The van der Waals surface area contributed by atoms with E-state index in [-0.39, 0.29) is 11.6 Å². The lowest BCUT2D eigenvalue weighted by molar-refractivity contribution is 0.102. The summed E-state index contributed by atoms with van der Waals surface area (Å²) in [7, 11) is 0. The van der Waals surface area contributed by atoms with E-state index in [9.17, 15) is 4.79 Å². The van der Waals surface area contributed by atoms with Crippen LogP contribution in [0.3, 0.4) is 0 Å². The first-order valence-electron chi connectivity index (χ1n) is 6.84. The molecule has 0 bridgehead atoms. The molecule has 0 aliphatic carbocycles. The fraction of sp³-hybridized carbons (Fsp3) is 0.267. The van der Waals surface area contributed by atoms with Gasteiger partial charge in [0.2, 0.25) is 0 Å². The molecule has 22 heavy (non-hydrogen) atoms. The smallest absolute Gasteiger partial charge is 0.275 e. The van der Waals surface area contributed by atoms with E-state index in [2.05, 4.69) is 27.5 Å². The van der Waals surface area contributed by atoms with Crippen molar-refractivity contribution in [2.24, 2.45) is 0 Å². The van der Waals surface area contributed by atoms with Crippen molar-refractivity contribution in [1.82, 2.24) is 9.97 Å². The first-order chi connectivity index (χ1) is 10.5. The largest absolute Gasteiger partial charge is 0.366 e. The number of benzene rings is 1. The van der Waals surface area contributed by atoms with Crippen LogP contribution in [-0.4, -0.2) is 21.9 Å². The van der Waals surface area contributed by atoms with Crippen molar-refractivity contribution in [3.63, 3.8) is 0 Å². The van der Waals surface area contributed by atoms with Crippen LogP contribution in [0, 0.1) is 0 Å². The Hall–Kier alpha value is -1.85. The summed E-state index contributed by atoms with van der Waals surface area (Å²) < 4.78 is 0. The molecule has 2 N–H and O–H groups in total. The minimum Gasteiger partial charge on any atom is -0.366 e. The zero-order chi connectivity index (χ0) is 16.1. The van der Waals surface area contributed by atoms with Crippen molar-refractivity contribution < 1.29 is 4.79 Å². The highest BCUT2D eigenvalue weighted by Crippen LogP contribution is 2.25. The number of nitrogens with zero attached hydrogens (tertiary/aromatic N) is 2. The summed E-state index contributed by atoms with van der Waals surface area (Å²) in [4.78, 5) is 20.4. The molecule has 116 valence electrons. The van der Waals surface area contributed by atoms with Gasteiger partial charge in [0, 0.05) is 11.1 Å². The summed E-state index contributed by atoms with van der Waals surface area (Å²) in [6, 6.07) is 5.13. The van der Waals surface area contributed by atoms with Gasteiger partial charge < -0.3 is 10.6 Å². The molecule has 0 spiro atoms. The van der Waals surface area contributed by atoms with Gasteiger partial charge in [0.05, 0.1) is 23.1 Å². The van der Waals surface area contributed by atoms with E-state index in [1.54, 1.807) is 18.2 Å². The van der Waals surface area contributed by atoms with E-state index in [1.807, 2.05) is 6.92 Å². The summed E-state index contributed by atoms with van der Waals surface area (Å²) >= 11 is 11.8. The Morgan fingerprint density at radius 3 is 2.64 bits per heavy atom. The fourth-order valence-electron chi connectivity index (χ4n) is 1.65. The second-order valence-corrected chi connectivity index (χ2v) is 5.66. The molecule has 0 fully saturated rings. The van der Waals surface area contributed by atoms with Crippen molar-refractivity contribution >= 4 is 40.6 Å². The fourth-order valence-corrected chi connectivity index (χ4v) is 2.11. The highest BCUT2D eigenvalue weighted by atomic mass is 35.5. The summed E-state index contributed by atoms with van der Waals surface area (Å²) in [5.41, 5.74) is 0.681. The monoisotopic (exact) mass is 338 g/mol. The van der Waals surface area contributed by atoms with Crippen LogP contribution in [0.2, 0.25) is 10.0 Å². The standard InChI is InChI=1S/C15H16Cl2N4O/c1-3-9(2)20-14-8-18-13(7-19-14)15(22)21-12-5-4-10(16)6-11(12)17/h4-9H,3H2,1-2H3,(H,19,20)(H,21,22). The van der Waals surface area contributed by atoms with E-state index < -0.39 is 0 Å². The molecule has 5 nitrogen and oxygen atoms in total. The third kappa shape index (κ3) is 4.32. The average molecular weight is 339 g/mol. The van der Waals surface area contributed by atoms with Gasteiger partial charge in [-0.3, -0.25) is 4.79 Å². The molecule has 0 aliphatic heterocycles. The highest BCUT2D eigenvalue weighted by molar-refractivity contribution is 6.36. The van der Waals surface area contributed by atoms with Crippen LogP contribution in [0.5, 0.6) is 0 Å². The molecule has 1 unspecified atom stereocenters. The molecule has 7 heteroatoms. The van der Waals surface area contributed by atoms with E-state index >= 15 is 0 Å². The van der Waals surface area contributed by atoms with Crippen LogP contribution in [0.1, 0.15) is 30.8 Å². The molecule has 1 aromatic heterocycles. The lowest BCUT2D eigenvalue weighted by Crippen LogP contribution is -2.17. The summed E-state index contributed by atoms with van der Waals surface area (Å²) in [6.45, 7) is 4.12. The first-order valence-corrected chi connectivity index (χ1v) is 7.60. The number of carbonyl (C=O) groups is 1. The van der Waals surface area contributed by atoms with Gasteiger partial charge in [0.15, 0.2) is 0 Å². The van der Waals surface area contributed by atoms with Crippen LogP contribution in [0.15, 0.2) is 30.6 Å². The summed E-state index contributed by atoms with van der Waals surface area (Å²) in [5, 5.41) is 6.72. The van der Waals surface area contributed by atoms with Crippen LogP contribution in [0.4, 0.5) is 11.5 Å². The van der Waals surface area contributed by atoms with Crippen LogP contribution in [0.25, 0.3) is 0 Å². The zero-order valence-electron chi connectivity index (χ0n) is 12.2. The van der Waals surface area contributed by atoms with Gasteiger partial charge in [-0.15, -0.1) is 0 Å². The van der Waals surface area contributed by atoms with Crippen molar-refractivity contribution in [2.45, 2.75) is 26.3 Å². The quantitative estimate of drug-likeness (QED) is 0.855. The number of carbonyl (C=O) groups excluding carboxylic acids is 1. The molecule has 0 saturated heterocycles. The number of nitrogens with one attached hydrogen (secondary N) is 2. The molecule has 1 aromatic carbocycles. The maximum Gasteiger partial charge on any atom is 0.275 e. The average Bonchev–Trinajstić information content (AvgIpc) is 2.50. The SMILES string of the molecule is CCC(C)Nc1cnc(C(=O)Nc2ccc(Cl)cc2Cl)cn1. The molecule has 0 aliphatic rings. The Labute approximate surface area is 139 Å². The van der Waals surface area contributed by atoms with Gasteiger partial charge in [0.25, 0.3) is 5.91 Å². The van der Waals surface area contributed by atoms with Gasteiger partial charge in [-0.1, -0.05) is 30.1 Å². The van der Waals surface area contributed by atoms with E-state index in [1.165, 1.54) is 12.4 Å². The molecular formula is C15H16Cl2N4O. The number of rotatable bonds is 5. The molecule has 0 saturated carbocycles. The summed E-state index contributed by atoms with van der Waals surface area (Å²) in [6.07, 6.45) is 3.92. The Morgan fingerprint density at radius 2 is 2.05 bits per heavy atom. The Balaban J connectivity index is 2.06. The van der Waals surface area contributed by atoms with Gasteiger partial charge in [-0.05, 0) is 31.5 Å². The zero-order valence-corrected chi connectivity index (χ0v) is 13.7. The lowest BCUT2D eigenvalue weighted by Gasteiger charge is -2.11. The minimum atomic E-state index is -0.383. The number of anilines is 2. The van der Waals surface area contributed by atoms with Crippen molar-refractivity contribution in [3.05, 3.63) is 46.3 Å². The molecule has 2 rings (SSSR count). The maximum atomic E-state index is 12.1. The first kappa shape index (κ1) is 16.5. The number of hydrogen-bond donors (Lipinski definition) is 2. The van der Waals surface area contributed by atoms with E-state index in [0.29, 0.717) is 27.6 Å². The minimum absolute atomic E-state index is 0.209. The van der Waals surface area contributed by atoms with Crippen LogP contribution >= 0.6 is 23.2 Å². The Kier molecular flexibility index (Phi) is 5.57. The normalized spacial score (nSPS) is 11.8. The topological polar surface area (TPSA) is 66.9 Å². The number of halogens is 2. The highest BCUT2D eigenvalue weighted by Gasteiger charge is 2.11. The maximum absolute atomic E-state index is 12.1. The second-order valence-electron chi connectivity index (χ2n) is 4.82. The van der Waals surface area contributed by atoms with Gasteiger partial charge in [-0.25, -0.2) is 9.97 Å². The third-order valence-electron chi connectivity index (χ3n) is 3.07.